The number of amides is 1. The summed E-state index contributed by atoms with van der Waals surface area (Å²) >= 11 is 2.53. The Kier molecular flexibility index (Phi) is 9.75. The summed E-state index contributed by atoms with van der Waals surface area (Å²) in [6.07, 6.45) is 8.89. The van der Waals surface area contributed by atoms with Gasteiger partial charge in [0.05, 0.1) is 28.0 Å². The molecule has 5 heterocycles. The first-order chi connectivity index (χ1) is 20.3. The number of nitrogens with one attached hydrogen (secondary N) is 2. The highest BCUT2D eigenvalue weighted by molar-refractivity contribution is 8.01. The molecule has 1 saturated heterocycles. The van der Waals surface area contributed by atoms with E-state index in [4.69, 9.17) is 0 Å². The van der Waals surface area contributed by atoms with Crippen molar-refractivity contribution in [3.63, 3.8) is 0 Å². The molecule has 4 N–H and O–H groups in total. The van der Waals surface area contributed by atoms with Gasteiger partial charge in [-0.1, -0.05) is 29.2 Å². The number of aliphatic hydroxyl groups excluding tert-OH is 2. The fourth-order valence-electron chi connectivity index (χ4n) is 4.95. The van der Waals surface area contributed by atoms with E-state index >= 15 is 4.39 Å². The summed E-state index contributed by atoms with van der Waals surface area (Å²) in [5.41, 5.74) is 1.38. The van der Waals surface area contributed by atoms with Crippen LogP contribution in [0.3, 0.4) is 0 Å². The van der Waals surface area contributed by atoms with Crippen molar-refractivity contribution in [2.75, 3.05) is 38.1 Å². The van der Waals surface area contributed by atoms with Crippen LogP contribution in [0.25, 0.3) is 0 Å². The van der Waals surface area contributed by atoms with Gasteiger partial charge in [0.25, 0.3) is 5.91 Å². The van der Waals surface area contributed by atoms with Crippen LogP contribution >= 0.6 is 23.1 Å². The van der Waals surface area contributed by atoms with Crippen molar-refractivity contribution < 1.29 is 19.4 Å². The Morgan fingerprint density at radius 3 is 2.71 bits per heavy atom. The summed E-state index contributed by atoms with van der Waals surface area (Å²) in [6.45, 7) is 3.69. The average Bonchev–Trinajstić information content (AvgIpc) is 3.44. The molecule has 0 saturated carbocycles. The Bertz CT molecular complexity index is 1500. The van der Waals surface area contributed by atoms with Gasteiger partial charge < -0.3 is 25.7 Å². The van der Waals surface area contributed by atoms with E-state index in [1.54, 1.807) is 30.9 Å². The molecule has 1 atom stereocenters. The van der Waals surface area contributed by atoms with Crippen molar-refractivity contribution in [3.8, 4) is 0 Å². The smallest absolute Gasteiger partial charge is 0.273 e. The molecule has 13 heteroatoms. The number of anilines is 2. The number of β-amino-alcohol motifs (C(OH)–C–C–N with tert-alkyl or cyclic N) is 1. The van der Waals surface area contributed by atoms with Gasteiger partial charge in [0, 0.05) is 43.3 Å². The van der Waals surface area contributed by atoms with Gasteiger partial charge in [-0.25, -0.2) is 19.3 Å². The number of aryl methyl sites for hydroxylation is 1. The van der Waals surface area contributed by atoms with Crippen molar-refractivity contribution >= 4 is 40.0 Å². The molecule has 4 aromatic heterocycles. The molecule has 10 nitrogen and oxygen atoms in total. The zero-order chi connectivity index (χ0) is 29.5. The first-order valence-electron chi connectivity index (χ1n) is 13.5. The molecule has 1 unspecified atom stereocenters. The number of pyridine rings is 3. The normalized spacial score (nSPS) is 15.7. The van der Waals surface area contributed by atoms with Gasteiger partial charge in [-0.15, -0.1) is 0 Å². The molecular weight excluding hydrogens is 577 g/mol. The molecule has 1 amide bonds. The van der Waals surface area contributed by atoms with E-state index in [1.807, 2.05) is 31.2 Å². The maximum atomic E-state index is 15.6. The Balaban J connectivity index is 1.26. The van der Waals surface area contributed by atoms with Crippen molar-refractivity contribution in [2.24, 2.45) is 0 Å². The lowest BCUT2D eigenvalue weighted by molar-refractivity contribution is 0.0430. The topological polar surface area (TPSA) is 136 Å². The summed E-state index contributed by atoms with van der Waals surface area (Å²) in [4.78, 5) is 32.6. The molecule has 4 aromatic rings. The predicted molar refractivity (Wildman–Crippen MR) is 160 cm³/mol. The number of rotatable bonds is 11. The molecular formula is C29H32FN7O3S2. The number of aliphatic hydroxyl groups is 2. The SMILES string of the molecule is Cc1ccnc(Nc2ncc(Sc3ccnc(C(=O)NCC4(c5cccnc5)CCN(CC(O)CO)CC4)c3F)s2)c1. The number of hydrogen-bond acceptors (Lipinski definition) is 11. The highest BCUT2D eigenvalue weighted by atomic mass is 32.2. The zero-order valence-electron chi connectivity index (χ0n) is 23.0. The van der Waals surface area contributed by atoms with Crippen LogP contribution in [-0.4, -0.2) is 79.8 Å². The standard InChI is InChI=1S/C29H32FN7O3S2/c1-19-4-9-32-23(13-19)36-28-34-15-24(42-28)41-22-5-10-33-26(25(22)30)27(40)35-18-29(20-3-2-8-31-14-20)6-11-37(12-7-29)16-21(39)17-38/h2-5,8-10,13-15,21,38-39H,6-7,11-12,16-18H2,1H3,(H,35,40)(H,32,34,36). The molecule has 1 aliphatic rings. The van der Waals surface area contributed by atoms with E-state index in [0.717, 1.165) is 15.3 Å². The van der Waals surface area contributed by atoms with Crippen LogP contribution in [0.5, 0.6) is 0 Å². The number of piperidine rings is 1. The van der Waals surface area contributed by atoms with Gasteiger partial charge in [0.15, 0.2) is 16.6 Å². The Morgan fingerprint density at radius 2 is 1.98 bits per heavy atom. The number of carbonyl (C=O) groups is 1. The molecule has 5 rings (SSSR count). The van der Waals surface area contributed by atoms with Crippen LogP contribution in [0.4, 0.5) is 15.3 Å². The zero-order valence-corrected chi connectivity index (χ0v) is 24.7. The number of hydrogen-bond donors (Lipinski definition) is 4. The van der Waals surface area contributed by atoms with E-state index in [1.165, 1.54) is 29.3 Å². The quantitative estimate of drug-likeness (QED) is 0.199. The molecule has 42 heavy (non-hydrogen) atoms. The number of aromatic nitrogens is 4. The van der Waals surface area contributed by atoms with Crippen LogP contribution in [-0.2, 0) is 5.41 Å². The molecule has 1 aliphatic heterocycles. The fraction of sp³-hybridized carbons (Fsp3) is 0.345. The number of nitrogens with zero attached hydrogens (tertiary/aromatic N) is 5. The van der Waals surface area contributed by atoms with E-state index < -0.39 is 23.2 Å². The minimum Gasteiger partial charge on any atom is -0.394 e. The Morgan fingerprint density at radius 1 is 1.17 bits per heavy atom. The second kappa shape index (κ2) is 13.7. The van der Waals surface area contributed by atoms with Crippen LogP contribution in [0.15, 0.2) is 70.4 Å². The van der Waals surface area contributed by atoms with Crippen LogP contribution in [0, 0.1) is 12.7 Å². The lowest BCUT2D eigenvalue weighted by Crippen LogP contribution is -2.50. The minimum absolute atomic E-state index is 0.267. The van der Waals surface area contributed by atoms with Gasteiger partial charge >= 0.3 is 0 Å². The van der Waals surface area contributed by atoms with Crippen molar-refractivity contribution in [3.05, 3.63) is 84.0 Å². The lowest BCUT2D eigenvalue weighted by Gasteiger charge is -2.42. The maximum Gasteiger partial charge on any atom is 0.273 e. The number of thiazole rings is 1. The third-order valence-electron chi connectivity index (χ3n) is 7.27. The van der Waals surface area contributed by atoms with Crippen LogP contribution in [0.1, 0.15) is 34.5 Å². The lowest BCUT2D eigenvalue weighted by atomic mass is 9.73. The molecule has 0 bridgehead atoms. The largest absolute Gasteiger partial charge is 0.394 e. The summed E-state index contributed by atoms with van der Waals surface area (Å²) in [7, 11) is 0. The summed E-state index contributed by atoms with van der Waals surface area (Å²) in [6, 6.07) is 9.20. The summed E-state index contributed by atoms with van der Waals surface area (Å²) < 4.78 is 16.3. The monoisotopic (exact) mass is 609 g/mol. The van der Waals surface area contributed by atoms with E-state index in [0.29, 0.717) is 43.4 Å². The molecule has 0 aliphatic carbocycles. The number of carbonyl (C=O) groups excluding carboxylic acids is 1. The summed E-state index contributed by atoms with van der Waals surface area (Å²) in [5, 5.41) is 25.8. The highest BCUT2D eigenvalue weighted by Gasteiger charge is 2.37. The third-order valence-corrected chi connectivity index (χ3v) is 9.32. The van der Waals surface area contributed by atoms with Gasteiger partial charge in [-0.3, -0.25) is 9.78 Å². The Hall–Kier alpha value is -3.49. The highest BCUT2D eigenvalue weighted by Crippen LogP contribution is 2.37. The predicted octanol–water partition coefficient (Wildman–Crippen LogP) is 3.79. The second-order valence-corrected chi connectivity index (χ2v) is 12.6. The number of halogens is 1. The molecule has 0 spiro atoms. The third kappa shape index (κ3) is 7.28. The van der Waals surface area contributed by atoms with Gasteiger partial charge in [0.2, 0.25) is 0 Å². The van der Waals surface area contributed by atoms with Crippen molar-refractivity contribution in [1.82, 2.24) is 30.2 Å². The van der Waals surface area contributed by atoms with Gasteiger partial charge in [0.1, 0.15) is 5.82 Å². The summed E-state index contributed by atoms with van der Waals surface area (Å²) in [5.74, 6) is -0.604. The molecule has 1 fully saturated rings. The first-order valence-corrected chi connectivity index (χ1v) is 15.2. The van der Waals surface area contributed by atoms with E-state index in [-0.39, 0.29) is 23.7 Å². The Labute approximate surface area is 251 Å². The van der Waals surface area contributed by atoms with E-state index in [9.17, 15) is 15.0 Å². The van der Waals surface area contributed by atoms with Gasteiger partial charge in [-0.2, -0.15) is 0 Å². The maximum absolute atomic E-state index is 15.6. The van der Waals surface area contributed by atoms with Crippen LogP contribution < -0.4 is 10.6 Å². The fourth-order valence-corrected chi connectivity index (χ4v) is 6.81. The van der Waals surface area contributed by atoms with E-state index in [2.05, 4.69) is 35.5 Å². The van der Waals surface area contributed by atoms with Crippen LogP contribution in [0.2, 0.25) is 0 Å². The van der Waals surface area contributed by atoms with Crippen molar-refractivity contribution in [1.29, 1.82) is 0 Å². The number of likely N-dealkylation sites (tertiary alicyclic amines) is 1. The molecule has 220 valence electrons. The second-order valence-electron chi connectivity index (χ2n) is 10.2. The van der Waals surface area contributed by atoms with Crippen molar-refractivity contribution in [2.45, 2.75) is 40.4 Å². The minimum atomic E-state index is -0.798. The molecule has 0 radical (unpaired) electrons. The van der Waals surface area contributed by atoms with Gasteiger partial charge in [-0.05, 0) is 68.2 Å². The molecule has 0 aromatic carbocycles. The average molecular weight is 610 g/mol. The first kappa shape index (κ1) is 30.0.